The molecular formula is C11H17N3O2. The van der Waals surface area contributed by atoms with Crippen LogP contribution in [0.1, 0.15) is 23.2 Å². The first-order valence-corrected chi connectivity index (χ1v) is 5.19. The van der Waals surface area contributed by atoms with Gasteiger partial charge >= 0.3 is 0 Å². The van der Waals surface area contributed by atoms with Crippen molar-refractivity contribution in [3.63, 3.8) is 0 Å². The fourth-order valence-electron chi connectivity index (χ4n) is 1.32. The molecule has 1 aromatic rings. The van der Waals surface area contributed by atoms with Crippen molar-refractivity contribution in [1.29, 1.82) is 0 Å². The van der Waals surface area contributed by atoms with Gasteiger partial charge in [-0.15, -0.1) is 0 Å². The first-order valence-electron chi connectivity index (χ1n) is 5.19. The summed E-state index contributed by atoms with van der Waals surface area (Å²) in [6.07, 6.45) is 1.58. The SMILES string of the molecule is NC(=O)c1ccc(N)c(NCCCCO)c1. The van der Waals surface area contributed by atoms with E-state index in [1.54, 1.807) is 18.2 Å². The van der Waals surface area contributed by atoms with Gasteiger partial charge in [-0.3, -0.25) is 4.79 Å². The third kappa shape index (κ3) is 3.43. The van der Waals surface area contributed by atoms with E-state index < -0.39 is 5.91 Å². The zero-order valence-corrected chi connectivity index (χ0v) is 9.07. The molecule has 1 rings (SSSR count). The van der Waals surface area contributed by atoms with Crippen LogP contribution in [0.4, 0.5) is 11.4 Å². The van der Waals surface area contributed by atoms with Crippen LogP contribution >= 0.6 is 0 Å². The normalized spacial score (nSPS) is 10.1. The van der Waals surface area contributed by atoms with Crippen LogP contribution in [0.5, 0.6) is 0 Å². The molecule has 0 aromatic heterocycles. The summed E-state index contributed by atoms with van der Waals surface area (Å²) in [5.41, 5.74) is 12.6. The molecule has 0 radical (unpaired) electrons. The van der Waals surface area contributed by atoms with Crippen LogP contribution < -0.4 is 16.8 Å². The number of carbonyl (C=O) groups excluding carboxylic acids is 1. The van der Waals surface area contributed by atoms with E-state index in [0.717, 1.165) is 12.8 Å². The summed E-state index contributed by atoms with van der Waals surface area (Å²) >= 11 is 0. The largest absolute Gasteiger partial charge is 0.397 e. The van der Waals surface area contributed by atoms with Crippen molar-refractivity contribution in [2.45, 2.75) is 12.8 Å². The van der Waals surface area contributed by atoms with Crippen molar-refractivity contribution in [3.05, 3.63) is 23.8 Å². The van der Waals surface area contributed by atoms with E-state index in [1.807, 2.05) is 0 Å². The van der Waals surface area contributed by atoms with Gasteiger partial charge in [0.2, 0.25) is 5.91 Å². The Morgan fingerprint density at radius 2 is 2.12 bits per heavy atom. The Morgan fingerprint density at radius 3 is 2.75 bits per heavy atom. The first-order chi connectivity index (χ1) is 7.65. The maximum absolute atomic E-state index is 11.0. The lowest BCUT2D eigenvalue weighted by Crippen LogP contribution is -2.12. The average molecular weight is 223 g/mol. The molecule has 0 bridgehead atoms. The summed E-state index contributed by atoms with van der Waals surface area (Å²) in [4.78, 5) is 11.0. The molecule has 1 amide bonds. The fraction of sp³-hybridized carbons (Fsp3) is 0.364. The van der Waals surface area contributed by atoms with Gasteiger partial charge in [-0.1, -0.05) is 0 Å². The number of hydrogen-bond donors (Lipinski definition) is 4. The summed E-state index contributed by atoms with van der Waals surface area (Å²) in [5.74, 6) is -0.474. The molecule has 88 valence electrons. The monoisotopic (exact) mass is 223 g/mol. The van der Waals surface area contributed by atoms with E-state index in [-0.39, 0.29) is 6.61 Å². The number of amides is 1. The van der Waals surface area contributed by atoms with Gasteiger partial charge in [-0.25, -0.2) is 0 Å². The van der Waals surface area contributed by atoms with Crippen LogP contribution in [-0.2, 0) is 0 Å². The second-order valence-electron chi connectivity index (χ2n) is 3.52. The van der Waals surface area contributed by atoms with Crippen LogP contribution in [0.15, 0.2) is 18.2 Å². The van der Waals surface area contributed by atoms with Gasteiger partial charge in [0.1, 0.15) is 0 Å². The van der Waals surface area contributed by atoms with E-state index in [2.05, 4.69) is 5.32 Å². The standard InChI is InChI=1S/C11H17N3O2/c12-9-4-3-8(11(13)16)7-10(9)14-5-1-2-6-15/h3-4,7,14-15H,1-2,5-6,12H2,(H2,13,16). The number of nitrogens with one attached hydrogen (secondary N) is 1. The van der Waals surface area contributed by atoms with Gasteiger partial charge in [0.25, 0.3) is 0 Å². The number of primary amides is 1. The van der Waals surface area contributed by atoms with Gasteiger partial charge in [0.15, 0.2) is 0 Å². The van der Waals surface area contributed by atoms with E-state index >= 15 is 0 Å². The van der Waals surface area contributed by atoms with E-state index in [1.165, 1.54) is 0 Å². The Hall–Kier alpha value is -1.75. The first kappa shape index (κ1) is 12.3. The Labute approximate surface area is 94.4 Å². The van der Waals surface area contributed by atoms with Gasteiger partial charge in [0.05, 0.1) is 11.4 Å². The maximum atomic E-state index is 11.0. The van der Waals surface area contributed by atoms with E-state index in [4.69, 9.17) is 16.6 Å². The fourth-order valence-corrected chi connectivity index (χ4v) is 1.32. The smallest absolute Gasteiger partial charge is 0.248 e. The number of nitrogens with two attached hydrogens (primary N) is 2. The summed E-state index contributed by atoms with van der Waals surface area (Å²) in [7, 11) is 0. The number of hydrogen-bond acceptors (Lipinski definition) is 4. The second-order valence-corrected chi connectivity index (χ2v) is 3.52. The number of anilines is 2. The molecule has 0 aliphatic heterocycles. The predicted molar refractivity (Wildman–Crippen MR) is 64.2 cm³/mol. The van der Waals surface area contributed by atoms with Crippen molar-refractivity contribution in [2.24, 2.45) is 5.73 Å². The third-order valence-electron chi connectivity index (χ3n) is 2.24. The average Bonchev–Trinajstić information content (AvgIpc) is 2.26. The van der Waals surface area contributed by atoms with Crippen LogP contribution in [0.3, 0.4) is 0 Å². The summed E-state index contributed by atoms with van der Waals surface area (Å²) < 4.78 is 0. The minimum atomic E-state index is -0.474. The maximum Gasteiger partial charge on any atom is 0.248 e. The van der Waals surface area contributed by atoms with E-state index in [0.29, 0.717) is 23.5 Å². The van der Waals surface area contributed by atoms with Gasteiger partial charge in [-0.2, -0.15) is 0 Å². The van der Waals surface area contributed by atoms with Crippen LogP contribution in [-0.4, -0.2) is 24.2 Å². The molecule has 0 aliphatic rings. The second kappa shape index (κ2) is 5.97. The molecular weight excluding hydrogens is 206 g/mol. The molecule has 16 heavy (non-hydrogen) atoms. The van der Waals surface area contributed by atoms with Crippen molar-refractivity contribution >= 4 is 17.3 Å². The van der Waals surface area contributed by atoms with Crippen molar-refractivity contribution < 1.29 is 9.90 Å². The summed E-state index contributed by atoms with van der Waals surface area (Å²) in [6, 6.07) is 4.88. The Kier molecular flexibility index (Phi) is 4.60. The highest BCUT2D eigenvalue weighted by molar-refractivity contribution is 5.94. The van der Waals surface area contributed by atoms with Gasteiger partial charge in [0, 0.05) is 18.7 Å². The summed E-state index contributed by atoms with van der Waals surface area (Å²) in [6.45, 7) is 0.880. The van der Waals surface area contributed by atoms with Crippen LogP contribution in [0.25, 0.3) is 0 Å². The number of unbranched alkanes of at least 4 members (excludes halogenated alkanes) is 1. The minimum absolute atomic E-state index is 0.179. The lowest BCUT2D eigenvalue weighted by Gasteiger charge is -2.09. The molecule has 0 saturated heterocycles. The van der Waals surface area contributed by atoms with Gasteiger partial charge in [-0.05, 0) is 31.0 Å². The molecule has 0 saturated carbocycles. The highest BCUT2D eigenvalue weighted by Gasteiger charge is 2.04. The highest BCUT2D eigenvalue weighted by atomic mass is 16.2. The van der Waals surface area contributed by atoms with Gasteiger partial charge < -0.3 is 21.9 Å². The summed E-state index contributed by atoms with van der Waals surface area (Å²) in [5, 5.41) is 11.7. The third-order valence-corrected chi connectivity index (χ3v) is 2.24. The zero-order valence-electron chi connectivity index (χ0n) is 9.07. The molecule has 0 heterocycles. The van der Waals surface area contributed by atoms with Crippen molar-refractivity contribution in [2.75, 3.05) is 24.2 Å². The van der Waals surface area contributed by atoms with Crippen molar-refractivity contribution in [3.8, 4) is 0 Å². The molecule has 0 aliphatic carbocycles. The number of nitrogen functional groups attached to an aromatic ring is 1. The lowest BCUT2D eigenvalue weighted by molar-refractivity contribution is 0.100. The minimum Gasteiger partial charge on any atom is -0.397 e. The lowest BCUT2D eigenvalue weighted by atomic mass is 10.1. The van der Waals surface area contributed by atoms with Crippen LogP contribution in [0.2, 0.25) is 0 Å². The Morgan fingerprint density at radius 1 is 1.38 bits per heavy atom. The highest BCUT2D eigenvalue weighted by Crippen LogP contribution is 2.19. The molecule has 5 nitrogen and oxygen atoms in total. The quantitative estimate of drug-likeness (QED) is 0.418. The molecule has 0 fully saturated rings. The molecule has 0 spiro atoms. The van der Waals surface area contributed by atoms with Crippen molar-refractivity contribution in [1.82, 2.24) is 0 Å². The van der Waals surface area contributed by atoms with E-state index in [9.17, 15) is 4.79 Å². The number of aliphatic hydroxyl groups is 1. The van der Waals surface area contributed by atoms with Crippen LogP contribution in [0, 0.1) is 0 Å². The predicted octanol–water partition coefficient (Wildman–Crippen LogP) is 0.552. The Balaban J connectivity index is 2.63. The molecule has 0 atom stereocenters. The number of benzene rings is 1. The topological polar surface area (TPSA) is 101 Å². The molecule has 1 aromatic carbocycles. The number of carbonyl (C=O) groups is 1. The molecule has 6 N–H and O–H groups in total. The Bertz CT molecular complexity index is 366. The zero-order chi connectivity index (χ0) is 12.0. The number of aliphatic hydroxyl groups excluding tert-OH is 1. The molecule has 5 heteroatoms. The molecule has 0 unspecified atom stereocenters. The number of rotatable bonds is 6.